The van der Waals surface area contributed by atoms with Gasteiger partial charge in [-0.15, -0.1) is 0 Å². The smallest absolute Gasteiger partial charge is 0.387 e. The van der Waals surface area contributed by atoms with Gasteiger partial charge in [-0.1, -0.05) is 13.8 Å². The average molecular weight is 251 g/mol. The maximum Gasteiger partial charge on any atom is 0.387 e. The first-order chi connectivity index (χ1) is 8.47. The van der Waals surface area contributed by atoms with Gasteiger partial charge in [0.15, 0.2) is 5.75 Å². The van der Waals surface area contributed by atoms with E-state index in [1.807, 2.05) is 32.9 Å². The Hall–Kier alpha value is -1.71. The van der Waals surface area contributed by atoms with Gasteiger partial charge in [0.2, 0.25) is 0 Å². The van der Waals surface area contributed by atoms with Gasteiger partial charge in [-0.05, 0) is 42.2 Å². The molecule has 0 saturated heterocycles. The maximum atomic E-state index is 12.4. The molecule has 0 aliphatic heterocycles. The second kappa shape index (κ2) is 4.88. The molecule has 0 N–H and O–H groups in total. The van der Waals surface area contributed by atoms with Gasteiger partial charge in [0.25, 0.3) is 0 Å². The highest BCUT2D eigenvalue weighted by molar-refractivity contribution is 5.85. The van der Waals surface area contributed by atoms with E-state index >= 15 is 0 Å². The number of alkyl halides is 2. The van der Waals surface area contributed by atoms with E-state index in [0.717, 1.165) is 16.5 Å². The lowest BCUT2D eigenvalue weighted by Gasteiger charge is -2.12. The highest BCUT2D eigenvalue weighted by Crippen LogP contribution is 2.30. The van der Waals surface area contributed by atoms with Crippen molar-refractivity contribution in [2.24, 2.45) is 0 Å². The van der Waals surface area contributed by atoms with E-state index in [9.17, 15) is 8.78 Å². The van der Waals surface area contributed by atoms with E-state index in [1.54, 1.807) is 12.3 Å². The summed E-state index contributed by atoms with van der Waals surface area (Å²) in [6, 6.07) is 5.53. The summed E-state index contributed by atoms with van der Waals surface area (Å²) in [6.07, 6.45) is 1.65. The van der Waals surface area contributed by atoms with Crippen molar-refractivity contribution in [3.05, 3.63) is 35.5 Å². The summed E-state index contributed by atoms with van der Waals surface area (Å²) in [4.78, 5) is 4.18. The zero-order valence-electron chi connectivity index (χ0n) is 10.6. The van der Waals surface area contributed by atoms with Crippen molar-refractivity contribution < 1.29 is 13.5 Å². The lowest BCUT2D eigenvalue weighted by atomic mass is 10.00. The predicted molar refractivity (Wildman–Crippen MR) is 67.2 cm³/mol. The third-order valence-electron chi connectivity index (χ3n) is 2.79. The van der Waals surface area contributed by atoms with E-state index in [2.05, 4.69) is 9.72 Å². The zero-order chi connectivity index (χ0) is 13.3. The monoisotopic (exact) mass is 251 g/mol. The summed E-state index contributed by atoms with van der Waals surface area (Å²) < 4.78 is 29.4. The predicted octanol–water partition coefficient (Wildman–Crippen LogP) is 4.27. The van der Waals surface area contributed by atoms with Gasteiger partial charge in [0, 0.05) is 11.6 Å². The van der Waals surface area contributed by atoms with Crippen LogP contribution in [-0.4, -0.2) is 11.6 Å². The Morgan fingerprint density at radius 1 is 1.17 bits per heavy atom. The molecule has 0 fully saturated rings. The van der Waals surface area contributed by atoms with Gasteiger partial charge < -0.3 is 4.74 Å². The fraction of sp³-hybridized carbons (Fsp3) is 0.357. The molecule has 18 heavy (non-hydrogen) atoms. The second-order valence-electron chi connectivity index (χ2n) is 4.64. The summed E-state index contributed by atoms with van der Waals surface area (Å²) in [5, 5.41) is 0.830. The number of nitrogens with zero attached hydrogens (tertiary/aromatic N) is 1. The Morgan fingerprint density at radius 3 is 2.50 bits per heavy atom. The molecule has 0 amide bonds. The number of hydrogen-bond acceptors (Lipinski definition) is 2. The van der Waals surface area contributed by atoms with Gasteiger partial charge in [-0.2, -0.15) is 8.78 Å². The molecule has 1 heterocycles. The summed E-state index contributed by atoms with van der Waals surface area (Å²) in [5.74, 6) is 0.390. The molecule has 2 rings (SSSR count). The van der Waals surface area contributed by atoms with Gasteiger partial charge in [0.05, 0.1) is 0 Å². The summed E-state index contributed by atoms with van der Waals surface area (Å²) in [7, 11) is 0. The number of hydrogen-bond donors (Lipinski definition) is 0. The quantitative estimate of drug-likeness (QED) is 0.812. The van der Waals surface area contributed by atoms with Crippen molar-refractivity contribution in [1.29, 1.82) is 0 Å². The molecule has 4 heteroatoms. The SMILES string of the molecule is Cc1cnc2c(OC(F)F)cc(C(C)C)cc2c1. The first-order valence-corrected chi connectivity index (χ1v) is 5.82. The number of pyridine rings is 1. The fourth-order valence-electron chi connectivity index (χ4n) is 1.87. The van der Waals surface area contributed by atoms with E-state index in [-0.39, 0.29) is 11.7 Å². The van der Waals surface area contributed by atoms with Gasteiger partial charge in [0.1, 0.15) is 5.52 Å². The molecule has 0 unspecified atom stereocenters. The summed E-state index contributed by atoms with van der Waals surface area (Å²) in [5.41, 5.74) is 2.43. The number of aromatic nitrogens is 1. The Labute approximate surface area is 105 Å². The third kappa shape index (κ3) is 2.58. The van der Waals surface area contributed by atoms with Crippen LogP contribution in [0.25, 0.3) is 10.9 Å². The largest absolute Gasteiger partial charge is 0.432 e. The topological polar surface area (TPSA) is 22.1 Å². The van der Waals surface area contributed by atoms with Crippen LogP contribution < -0.4 is 4.74 Å². The lowest BCUT2D eigenvalue weighted by Crippen LogP contribution is -2.04. The molecule has 0 aliphatic rings. The first-order valence-electron chi connectivity index (χ1n) is 5.82. The first kappa shape index (κ1) is 12.7. The van der Waals surface area contributed by atoms with Crippen molar-refractivity contribution in [2.45, 2.75) is 33.3 Å². The molecule has 0 saturated carbocycles. The second-order valence-corrected chi connectivity index (χ2v) is 4.64. The van der Waals surface area contributed by atoms with Crippen LogP contribution in [0.3, 0.4) is 0 Å². The molecular formula is C14H15F2NO. The minimum Gasteiger partial charge on any atom is -0.432 e. The van der Waals surface area contributed by atoms with Crippen LogP contribution in [-0.2, 0) is 0 Å². The number of fused-ring (bicyclic) bond motifs is 1. The molecule has 1 aromatic heterocycles. The van der Waals surface area contributed by atoms with Crippen molar-refractivity contribution in [3.8, 4) is 5.75 Å². The molecule has 0 bridgehead atoms. The van der Waals surface area contributed by atoms with Crippen LogP contribution in [0, 0.1) is 6.92 Å². The minimum absolute atomic E-state index is 0.145. The molecule has 0 radical (unpaired) electrons. The molecule has 0 spiro atoms. The Balaban J connectivity index is 2.64. The lowest BCUT2D eigenvalue weighted by molar-refractivity contribution is -0.0489. The molecule has 0 aliphatic carbocycles. The van der Waals surface area contributed by atoms with Crippen molar-refractivity contribution in [3.63, 3.8) is 0 Å². The number of rotatable bonds is 3. The minimum atomic E-state index is -2.83. The molecule has 2 nitrogen and oxygen atoms in total. The summed E-state index contributed by atoms with van der Waals surface area (Å²) >= 11 is 0. The highest BCUT2D eigenvalue weighted by atomic mass is 19.3. The maximum absolute atomic E-state index is 12.4. The van der Waals surface area contributed by atoms with E-state index < -0.39 is 6.61 Å². The molecule has 1 aromatic carbocycles. The average Bonchev–Trinajstić information content (AvgIpc) is 2.27. The molecular weight excluding hydrogens is 236 g/mol. The standard InChI is InChI=1S/C14H15F2NO/c1-8(2)10-5-11-4-9(3)7-17-13(11)12(6-10)18-14(15)16/h4-8,14H,1-3H3. The van der Waals surface area contributed by atoms with Gasteiger partial charge in [-0.3, -0.25) is 4.98 Å². The Kier molecular flexibility index (Phi) is 3.45. The Morgan fingerprint density at radius 2 is 1.89 bits per heavy atom. The van der Waals surface area contributed by atoms with Crippen LogP contribution in [0.15, 0.2) is 24.4 Å². The van der Waals surface area contributed by atoms with E-state index in [0.29, 0.717) is 5.52 Å². The van der Waals surface area contributed by atoms with E-state index in [4.69, 9.17) is 0 Å². The fourth-order valence-corrected chi connectivity index (χ4v) is 1.87. The van der Waals surface area contributed by atoms with Crippen LogP contribution in [0.2, 0.25) is 0 Å². The number of aryl methyl sites for hydroxylation is 1. The van der Waals surface area contributed by atoms with Gasteiger partial charge in [-0.25, -0.2) is 0 Å². The summed E-state index contributed by atoms with van der Waals surface area (Å²) in [6.45, 7) is 3.11. The molecule has 0 atom stereocenters. The van der Waals surface area contributed by atoms with Crippen LogP contribution >= 0.6 is 0 Å². The van der Waals surface area contributed by atoms with Crippen molar-refractivity contribution >= 4 is 10.9 Å². The third-order valence-corrected chi connectivity index (χ3v) is 2.79. The number of ether oxygens (including phenoxy) is 1. The molecule has 96 valence electrons. The van der Waals surface area contributed by atoms with Crippen molar-refractivity contribution in [1.82, 2.24) is 4.98 Å². The normalized spacial score (nSPS) is 11.5. The van der Waals surface area contributed by atoms with Crippen LogP contribution in [0.5, 0.6) is 5.75 Å². The molecule has 2 aromatic rings. The number of halogens is 2. The van der Waals surface area contributed by atoms with Crippen LogP contribution in [0.1, 0.15) is 30.9 Å². The Bertz CT molecular complexity index is 567. The van der Waals surface area contributed by atoms with Crippen molar-refractivity contribution in [2.75, 3.05) is 0 Å². The van der Waals surface area contributed by atoms with Gasteiger partial charge >= 0.3 is 6.61 Å². The van der Waals surface area contributed by atoms with Crippen LogP contribution in [0.4, 0.5) is 8.78 Å². The highest BCUT2D eigenvalue weighted by Gasteiger charge is 2.13. The van der Waals surface area contributed by atoms with E-state index in [1.165, 1.54) is 0 Å². The zero-order valence-corrected chi connectivity index (χ0v) is 10.6. The number of benzene rings is 1.